The van der Waals surface area contributed by atoms with E-state index in [0.29, 0.717) is 23.7 Å². The third-order valence-electron chi connectivity index (χ3n) is 3.92. The Labute approximate surface area is 138 Å². The highest BCUT2D eigenvalue weighted by molar-refractivity contribution is 6.31. The normalized spacial score (nSPS) is 18.0. The molecule has 3 rings (SSSR count). The molecule has 118 valence electrons. The fourth-order valence-electron chi connectivity index (χ4n) is 2.62. The first-order valence-corrected chi connectivity index (χ1v) is 7.67. The quantitative estimate of drug-likeness (QED) is 0.878. The first kappa shape index (κ1) is 15.5. The molecule has 6 heteroatoms. The predicted octanol–water partition coefficient (Wildman–Crippen LogP) is 2.83. The third kappa shape index (κ3) is 3.51. The van der Waals surface area contributed by atoms with E-state index < -0.39 is 11.9 Å². The van der Waals surface area contributed by atoms with E-state index in [-0.39, 0.29) is 12.5 Å². The van der Waals surface area contributed by atoms with E-state index in [1.807, 2.05) is 18.2 Å². The summed E-state index contributed by atoms with van der Waals surface area (Å²) in [6.45, 7) is 0.736. The minimum absolute atomic E-state index is 0.193. The second-order valence-electron chi connectivity index (χ2n) is 5.51. The van der Waals surface area contributed by atoms with Crippen LogP contribution in [0.15, 0.2) is 36.4 Å². The smallest absolute Gasteiger partial charge is 0.308 e. The number of nitrogens with zero attached hydrogens (tertiary/aromatic N) is 2. The second-order valence-corrected chi connectivity index (χ2v) is 5.95. The average molecular weight is 331 g/mol. The molecule has 1 atom stereocenters. The van der Waals surface area contributed by atoms with E-state index in [9.17, 15) is 9.59 Å². The van der Waals surface area contributed by atoms with Crippen molar-refractivity contribution < 1.29 is 14.7 Å². The molecule has 5 nitrogen and oxygen atoms in total. The Kier molecular flexibility index (Phi) is 4.30. The number of fused-ring (bicyclic) bond motifs is 1. The van der Waals surface area contributed by atoms with Gasteiger partial charge in [-0.2, -0.15) is 0 Å². The summed E-state index contributed by atoms with van der Waals surface area (Å²) in [4.78, 5) is 29.0. The molecule has 1 saturated heterocycles. The van der Waals surface area contributed by atoms with E-state index in [4.69, 9.17) is 16.7 Å². The summed E-state index contributed by atoms with van der Waals surface area (Å²) < 4.78 is 0. The van der Waals surface area contributed by atoms with Gasteiger partial charge < -0.3 is 10.0 Å². The van der Waals surface area contributed by atoms with Crippen LogP contribution in [0.25, 0.3) is 17.0 Å². The molecule has 0 bridgehead atoms. The van der Waals surface area contributed by atoms with Crippen LogP contribution in [0.4, 0.5) is 0 Å². The zero-order valence-electron chi connectivity index (χ0n) is 12.3. The van der Waals surface area contributed by atoms with Crippen LogP contribution in [-0.4, -0.2) is 40.0 Å². The first-order valence-electron chi connectivity index (χ1n) is 7.29. The van der Waals surface area contributed by atoms with E-state index in [2.05, 4.69) is 4.98 Å². The van der Waals surface area contributed by atoms with Crippen LogP contribution >= 0.6 is 11.6 Å². The fourth-order valence-corrected chi connectivity index (χ4v) is 2.79. The highest BCUT2D eigenvalue weighted by atomic mass is 35.5. The lowest BCUT2D eigenvalue weighted by atomic mass is 10.1. The number of carboxylic acids is 1. The Morgan fingerprint density at radius 3 is 2.83 bits per heavy atom. The molecule has 1 aliphatic rings. The molecule has 2 aromatic rings. The summed E-state index contributed by atoms with van der Waals surface area (Å²) in [5.74, 6) is -1.51. The minimum atomic E-state index is -0.850. The van der Waals surface area contributed by atoms with Crippen LogP contribution in [0.3, 0.4) is 0 Å². The number of carboxylic acid groups (broad SMARTS) is 1. The van der Waals surface area contributed by atoms with Gasteiger partial charge in [0.25, 0.3) is 0 Å². The highest BCUT2D eigenvalue weighted by Crippen LogP contribution is 2.19. The van der Waals surface area contributed by atoms with Crippen molar-refractivity contribution in [2.75, 3.05) is 13.1 Å². The summed E-state index contributed by atoms with van der Waals surface area (Å²) >= 11 is 5.96. The lowest BCUT2D eigenvalue weighted by molar-refractivity contribution is -0.141. The molecule has 0 aliphatic carbocycles. The number of likely N-dealkylation sites (tertiary alicyclic amines) is 1. The van der Waals surface area contributed by atoms with E-state index in [1.165, 1.54) is 6.08 Å². The van der Waals surface area contributed by atoms with Crippen LogP contribution in [0.1, 0.15) is 12.1 Å². The Hall–Kier alpha value is -2.40. The van der Waals surface area contributed by atoms with Crippen LogP contribution in [-0.2, 0) is 9.59 Å². The van der Waals surface area contributed by atoms with Crippen molar-refractivity contribution in [2.24, 2.45) is 5.92 Å². The molecule has 1 aliphatic heterocycles. The predicted molar refractivity (Wildman–Crippen MR) is 88.1 cm³/mol. The number of aromatic nitrogens is 1. The van der Waals surface area contributed by atoms with Gasteiger partial charge in [0.1, 0.15) is 0 Å². The molecule has 2 heterocycles. The van der Waals surface area contributed by atoms with E-state index in [0.717, 1.165) is 10.9 Å². The maximum atomic E-state index is 12.1. The molecule has 23 heavy (non-hydrogen) atoms. The molecule has 1 amide bonds. The van der Waals surface area contributed by atoms with E-state index in [1.54, 1.807) is 23.1 Å². The molecule has 0 spiro atoms. The zero-order valence-corrected chi connectivity index (χ0v) is 13.0. The maximum absolute atomic E-state index is 12.1. The number of hydrogen-bond donors (Lipinski definition) is 1. The van der Waals surface area contributed by atoms with Gasteiger partial charge in [0.15, 0.2) is 0 Å². The van der Waals surface area contributed by atoms with Gasteiger partial charge in [-0.15, -0.1) is 0 Å². The molecule has 1 unspecified atom stereocenters. The summed E-state index contributed by atoms with van der Waals surface area (Å²) in [6.07, 6.45) is 3.57. The number of aliphatic carboxylic acids is 1. The topological polar surface area (TPSA) is 70.5 Å². The number of carbonyl (C=O) groups excluding carboxylic acids is 1. The molecular weight excluding hydrogens is 316 g/mol. The van der Waals surface area contributed by atoms with Gasteiger partial charge in [0, 0.05) is 29.6 Å². The van der Waals surface area contributed by atoms with Gasteiger partial charge in [-0.3, -0.25) is 9.59 Å². The summed E-state index contributed by atoms with van der Waals surface area (Å²) in [7, 11) is 0. The lowest BCUT2D eigenvalue weighted by Crippen LogP contribution is -2.28. The monoisotopic (exact) mass is 330 g/mol. The standard InChI is InChI=1S/C17H15ClN2O3/c18-13-3-1-11-2-4-14(19-15(11)9-13)5-6-16(21)20-8-7-12(10-20)17(22)23/h1-6,9,12H,7-8,10H2,(H,22,23)/b6-5+. The summed E-state index contributed by atoms with van der Waals surface area (Å²) in [5, 5.41) is 10.6. The SMILES string of the molecule is O=C(O)C1CCN(C(=O)/C=C/c2ccc3ccc(Cl)cc3n2)C1. The molecule has 0 radical (unpaired) electrons. The number of hydrogen-bond acceptors (Lipinski definition) is 3. The fraction of sp³-hybridized carbons (Fsp3) is 0.235. The van der Waals surface area contributed by atoms with Crippen molar-refractivity contribution in [3.05, 3.63) is 47.1 Å². The Morgan fingerprint density at radius 2 is 2.09 bits per heavy atom. The molecule has 1 aromatic heterocycles. The molecule has 1 N–H and O–H groups in total. The van der Waals surface area contributed by atoms with E-state index >= 15 is 0 Å². The van der Waals surface area contributed by atoms with Crippen molar-refractivity contribution in [3.63, 3.8) is 0 Å². The number of rotatable bonds is 3. The average Bonchev–Trinajstić information content (AvgIpc) is 3.02. The molecule has 1 fully saturated rings. The van der Waals surface area contributed by atoms with Crippen LogP contribution in [0, 0.1) is 5.92 Å². The number of carbonyl (C=O) groups is 2. The van der Waals surface area contributed by atoms with Crippen molar-refractivity contribution in [2.45, 2.75) is 6.42 Å². The number of halogens is 1. The molecular formula is C17H15ClN2O3. The van der Waals surface area contributed by atoms with Crippen LogP contribution in [0.5, 0.6) is 0 Å². The first-order chi connectivity index (χ1) is 11.0. The second kappa shape index (κ2) is 6.38. The van der Waals surface area contributed by atoms with Gasteiger partial charge >= 0.3 is 5.97 Å². The van der Waals surface area contributed by atoms with Crippen molar-refractivity contribution in [1.82, 2.24) is 9.88 Å². The minimum Gasteiger partial charge on any atom is -0.481 e. The van der Waals surface area contributed by atoms with Crippen molar-refractivity contribution in [3.8, 4) is 0 Å². The highest BCUT2D eigenvalue weighted by Gasteiger charge is 2.29. The third-order valence-corrected chi connectivity index (χ3v) is 4.16. The molecule has 1 aromatic carbocycles. The van der Waals surface area contributed by atoms with Crippen molar-refractivity contribution in [1.29, 1.82) is 0 Å². The summed E-state index contributed by atoms with van der Waals surface area (Å²) in [6, 6.07) is 9.20. The Bertz CT molecular complexity index is 804. The number of amides is 1. The summed E-state index contributed by atoms with van der Waals surface area (Å²) in [5.41, 5.74) is 1.42. The van der Waals surface area contributed by atoms with Gasteiger partial charge in [-0.25, -0.2) is 4.98 Å². The number of benzene rings is 1. The Morgan fingerprint density at radius 1 is 1.30 bits per heavy atom. The zero-order chi connectivity index (χ0) is 16.4. The van der Waals surface area contributed by atoms with Crippen LogP contribution in [0.2, 0.25) is 5.02 Å². The van der Waals surface area contributed by atoms with Gasteiger partial charge in [-0.1, -0.05) is 23.7 Å². The maximum Gasteiger partial charge on any atom is 0.308 e. The van der Waals surface area contributed by atoms with Crippen LogP contribution < -0.4 is 0 Å². The van der Waals surface area contributed by atoms with Gasteiger partial charge in [-0.05, 0) is 30.7 Å². The Balaban J connectivity index is 1.72. The lowest BCUT2D eigenvalue weighted by Gasteiger charge is -2.12. The molecule has 0 saturated carbocycles. The largest absolute Gasteiger partial charge is 0.481 e. The number of pyridine rings is 1. The van der Waals surface area contributed by atoms with Gasteiger partial charge in [0.2, 0.25) is 5.91 Å². The van der Waals surface area contributed by atoms with Gasteiger partial charge in [0.05, 0.1) is 17.1 Å². The van der Waals surface area contributed by atoms with Crippen molar-refractivity contribution >= 4 is 40.5 Å².